The third-order valence-electron chi connectivity index (χ3n) is 4.45. The van der Waals surface area contributed by atoms with E-state index < -0.39 is 17.3 Å². The molecule has 0 amide bonds. The summed E-state index contributed by atoms with van der Waals surface area (Å²) in [5.41, 5.74) is 0.892. The number of carboxylic acids is 1. The smallest absolute Gasteiger partial charge is 0.340 e. The molecule has 8 heteroatoms. The Morgan fingerprint density at radius 1 is 0.903 bits per heavy atom. The maximum atomic E-state index is 14.4. The molecule has 3 aromatic rings. The number of rotatable bonds is 9. The van der Waals surface area contributed by atoms with Gasteiger partial charge in [0, 0.05) is 6.07 Å². The van der Waals surface area contributed by atoms with Gasteiger partial charge in [0.25, 0.3) is 0 Å². The van der Waals surface area contributed by atoms with E-state index in [0.717, 1.165) is 17.2 Å². The van der Waals surface area contributed by atoms with Crippen molar-refractivity contribution >= 4 is 17.6 Å². The van der Waals surface area contributed by atoms with Crippen molar-refractivity contribution in [1.29, 1.82) is 0 Å². The third-order valence-corrected chi connectivity index (χ3v) is 4.81. The highest BCUT2D eigenvalue weighted by molar-refractivity contribution is 6.35. The quantitative estimate of drug-likeness (QED) is 0.477. The largest absolute Gasteiger partial charge is 0.497 e. The standard InChI is InChI=1S/C23H20ClFO6/c1-28-16-7-3-14(4-8-16)12-30-19-11-18(25)20(23(26)27)21(24)22(19)31-13-15-5-9-17(29-2)10-6-15/h3-11H,12-13H2,1-2H3,(H,26,27). The summed E-state index contributed by atoms with van der Waals surface area (Å²) in [6, 6.07) is 15.2. The predicted octanol–water partition coefficient (Wildman–Crippen LogP) is 5.35. The first-order chi connectivity index (χ1) is 14.9. The maximum Gasteiger partial charge on any atom is 0.340 e. The van der Waals surface area contributed by atoms with E-state index in [1.165, 1.54) is 0 Å². The second kappa shape index (κ2) is 10.0. The van der Waals surface area contributed by atoms with Crippen molar-refractivity contribution in [3.8, 4) is 23.0 Å². The molecule has 0 aliphatic rings. The monoisotopic (exact) mass is 446 g/mol. The Bertz CT molecular complexity index is 1050. The summed E-state index contributed by atoms with van der Waals surface area (Å²) < 4.78 is 36.1. The van der Waals surface area contributed by atoms with Crippen molar-refractivity contribution in [3.05, 3.63) is 82.1 Å². The minimum absolute atomic E-state index is 0.00294. The number of hydrogen-bond acceptors (Lipinski definition) is 5. The number of carboxylic acid groups (broad SMARTS) is 1. The predicted molar refractivity (Wildman–Crippen MR) is 113 cm³/mol. The fourth-order valence-corrected chi connectivity index (χ4v) is 3.10. The number of halogens is 2. The molecule has 0 saturated carbocycles. The molecule has 0 spiro atoms. The summed E-state index contributed by atoms with van der Waals surface area (Å²) in [7, 11) is 3.12. The summed E-state index contributed by atoms with van der Waals surface area (Å²) in [5.74, 6) is -1.20. The molecule has 3 aromatic carbocycles. The van der Waals surface area contributed by atoms with E-state index in [4.69, 9.17) is 30.5 Å². The van der Waals surface area contributed by atoms with Crippen molar-refractivity contribution in [2.45, 2.75) is 13.2 Å². The van der Waals surface area contributed by atoms with Crippen LogP contribution in [0.15, 0.2) is 54.6 Å². The van der Waals surface area contributed by atoms with Crippen molar-refractivity contribution in [3.63, 3.8) is 0 Å². The lowest BCUT2D eigenvalue weighted by atomic mass is 10.1. The molecule has 31 heavy (non-hydrogen) atoms. The van der Waals surface area contributed by atoms with Crippen molar-refractivity contribution < 1.29 is 33.2 Å². The van der Waals surface area contributed by atoms with Crippen LogP contribution in [0.5, 0.6) is 23.0 Å². The zero-order valence-corrected chi connectivity index (χ0v) is 17.6. The lowest BCUT2D eigenvalue weighted by Crippen LogP contribution is -2.07. The SMILES string of the molecule is COc1ccc(COc2cc(F)c(C(=O)O)c(Cl)c2OCc2ccc(OC)cc2)cc1. The average molecular weight is 447 g/mol. The molecular formula is C23H20ClFO6. The topological polar surface area (TPSA) is 74.2 Å². The molecule has 0 aromatic heterocycles. The van der Waals surface area contributed by atoms with Gasteiger partial charge in [0.05, 0.1) is 14.2 Å². The molecule has 162 valence electrons. The number of hydrogen-bond donors (Lipinski definition) is 1. The molecule has 0 unspecified atom stereocenters. The van der Waals surface area contributed by atoms with Gasteiger partial charge in [0.15, 0.2) is 11.5 Å². The van der Waals surface area contributed by atoms with Crippen LogP contribution in [-0.2, 0) is 13.2 Å². The van der Waals surface area contributed by atoms with E-state index in [2.05, 4.69) is 0 Å². The first-order valence-electron chi connectivity index (χ1n) is 9.19. The fraction of sp³-hybridized carbons (Fsp3) is 0.174. The van der Waals surface area contributed by atoms with Crippen molar-refractivity contribution in [2.75, 3.05) is 14.2 Å². The Labute approximate surface area is 183 Å². The van der Waals surface area contributed by atoms with Gasteiger partial charge in [-0.1, -0.05) is 35.9 Å². The molecule has 0 fully saturated rings. The molecule has 0 aliphatic heterocycles. The Morgan fingerprint density at radius 2 is 1.39 bits per heavy atom. The second-order valence-electron chi connectivity index (χ2n) is 6.45. The minimum atomic E-state index is -1.50. The first-order valence-corrected chi connectivity index (χ1v) is 9.57. The van der Waals surface area contributed by atoms with Gasteiger partial charge in [0.1, 0.15) is 41.1 Å². The number of ether oxygens (including phenoxy) is 4. The van der Waals surface area contributed by atoms with Crippen LogP contribution in [0, 0.1) is 5.82 Å². The van der Waals surface area contributed by atoms with E-state index >= 15 is 0 Å². The van der Waals surface area contributed by atoms with Crippen LogP contribution in [0.2, 0.25) is 5.02 Å². The molecule has 0 radical (unpaired) electrons. The summed E-state index contributed by atoms with van der Waals surface area (Å²) in [5, 5.41) is 8.95. The van der Waals surface area contributed by atoms with Gasteiger partial charge in [-0.2, -0.15) is 0 Å². The molecule has 0 saturated heterocycles. The molecular weight excluding hydrogens is 427 g/mol. The van der Waals surface area contributed by atoms with Gasteiger partial charge >= 0.3 is 5.97 Å². The lowest BCUT2D eigenvalue weighted by Gasteiger charge is -2.16. The molecule has 1 N–H and O–H groups in total. The number of aromatic carboxylic acids is 1. The van der Waals surface area contributed by atoms with Crippen LogP contribution in [0.3, 0.4) is 0 Å². The van der Waals surface area contributed by atoms with Crippen LogP contribution in [0.4, 0.5) is 4.39 Å². The van der Waals surface area contributed by atoms with Crippen LogP contribution in [0.25, 0.3) is 0 Å². The molecule has 6 nitrogen and oxygen atoms in total. The molecule has 0 atom stereocenters. The highest BCUT2D eigenvalue weighted by atomic mass is 35.5. The highest BCUT2D eigenvalue weighted by Crippen LogP contribution is 2.40. The Morgan fingerprint density at radius 3 is 1.84 bits per heavy atom. The fourth-order valence-electron chi connectivity index (χ4n) is 2.78. The number of carbonyl (C=O) groups is 1. The van der Waals surface area contributed by atoms with Crippen molar-refractivity contribution in [2.24, 2.45) is 0 Å². The Hall–Kier alpha value is -3.45. The third kappa shape index (κ3) is 5.38. The normalized spacial score (nSPS) is 10.5. The highest BCUT2D eigenvalue weighted by Gasteiger charge is 2.24. The second-order valence-corrected chi connectivity index (χ2v) is 6.83. The molecule has 3 rings (SSSR count). The summed E-state index contributed by atoms with van der Waals surface area (Å²) in [4.78, 5) is 11.4. The van der Waals surface area contributed by atoms with Gasteiger partial charge in [0.2, 0.25) is 0 Å². The minimum Gasteiger partial charge on any atom is -0.497 e. The average Bonchev–Trinajstić information content (AvgIpc) is 2.77. The van der Waals surface area contributed by atoms with Gasteiger partial charge in [-0.15, -0.1) is 0 Å². The van der Waals surface area contributed by atoms with Gasteiger partial charge in [-0.25, -0.2) is 9.18 Å². The summed E-state index contributed by atoms with van der Waals surface area (Å²) in [6.07, 6.45) is 0. The van der Waals surface area contributed by atoms with E-state index in [1.807, 2.05) is 0 Å². The van der Waals surface area contributed by atoms with Gasteiger partial charge in [-0.05, 0) is 35.4 Å². The number of methoxy groups -OCH3 is 2. The van der Waals surface area contributed by atoms with Gasteiger partial charge in [-0.3, -0.25) is 0 Å². The zero-order valence-electron chi connectivity index (χ0n) is 16.9. The van der Waals surface area contributed by atoms with Gasteiger partial charge < -0.3 is 24.1 Å². The van der Waals surface area contributed by atoms with E-state index in [1.54, 1.807) is 62.8 Å². The van der Waals surface area contributed by atoms with Crippen molar-refractivity contribution in [1.82, 2.24) is 0 Å². The van der Waals surface area contributed by atoms with Crippen LogP contribution in [0.1, 0.15) is 21.5 Å². The summed E-state index contributed by atoms with van der Waals surface area (Å²) in [6.45, 7) is 0.151. The van der Waals surface area contributed by atoms with E-state index in [9.17, 15) is 14.3 Å². The number of benzene rings is 3. The van der Waals surface area contributed by atoms with E-state index in [-0.39, 0.29) is 29.7 Å². The lowest BCUT2D eigenvalue weighted by molar-refractivity contribution is 0.0691. The molecule has 0 aliphatic carbocycles. The Balaban J connectivity index is 1.86. The molecule has 0 heterocycles. The molecule has 0 bridgehead atoms. The maximum absolute atomic E-state index is 14.4. The Kier molecular flexibility index (Phi) is 7.20. The van der Waals surface area contributed by atoms with Crippen LogP contribution >= 0.6 is 11.6 Å². The van der Waals surface area contributed by atoms with Crippen LogP contribution in [-0.4, -0.2) is 25.3 Å². The van der Waals surface area contributed by atoms with Crippen LogP contribution < -0.4 is 18.9 Å². The first kappa shape index (κ1) is 22.2. The summed E-state index contributed by atoms with van der Waals surface area (Å²) >= 11 is 6.19. The zero-order chi connectivity index (χ0) is 22.4. The van der Waals surface area contributed by atoms with E-state index in [0.29, 0.717) is 11.5 Å².